The van der Waals surface area contributed by atoms with E-state index in [1.807, 2.05) is 24.3 Å². The summed E-state index contributed by atoms with van der Waals surface area (Å²) in [6, 6.07) is 14.7. The second-order valence-corrected chi connectivity index (χ2v) is 7.77. The highest BCUT2D eigenvalue weighted by Crippen LogP contribution is 2.21. The number of benzene rings is 2. The molecule has 27 heavy (non-hydrogen) atoms. The Bertz CT molecular complexity index is 941. The van der Waals surface area contributed by atoms with Gasteiger partial charge in [-0.05, 0) is 55.8 Å². The molecule has 1 heterocycles. The van der Waals surface area contributed by atoms with Gasteiger partial charge in [-0.25, -0.2) is 9.67 Å². The number of amides is 1. The highest BCUT2D eigenvalue weighted by atomic mass is 79.9. The molecule has 0 fully saturated rings. The predicted octanol–water partition coefficient (Wildman–Crippen LogP) is 4.54. The molecule has 0 spiro atoms. The van der Waals surface area contributed by atoms with Crippen LogP contribution in [0.1, 0.15) is 19.4 Å². The van der Waals surface area contributed by atoms with Gasteiger partial charge in [0.25, 0.3) is 5.91 Å². The van der Waals surface area contributed by atoms with Crippen molar-refractivity contribution in [1.82, 2.24) is 14.8 Å². The van der Waals surface area contributed by atoms with Crippen molar-refractivity contribution >= 4 is 39.4 Å². The van der Waals surface area contributed by atoms with Crippen molar-refractivity contribution in [2.24, 2.45) is 0 Å². The molecule has 3 rings (SSSR count). The van der Waals surface area contributed by atoms with Crippen LogP contribution < -0.4 is 10.1 Å². The monoisotopic (exact) mass is 448 g/mol. The van der Waals surface area contributed by atoms with Gasteiger partial charge in [0.2, 0.25) is 5.95 Å². The Balaban J connectivity index is 1.63. The van der Waals surface area contributed by atoms with E-state index in [4.69, 9.17) is 16.3 Å². The van der Waals surface area contributed by atoms with Crippen LogP contribution in [0.25, 0.3) is 0 Å². The van der Waals surface area contributed by atoms with Crippen molar-refractivity contribution in [3.05, 3.63) is 69.9 Å². The first kappa shape index (κ1) is 19.4. The zero-order valence-electron chi connectivity index (χ0n) is 14.8. The number of hydrogen-bond acceptors (Lipinski definition) is 4. The molecule has 0 aliphatic carbocycles. The van der Waals surface area contributed by atoms with Gasteiger partial charge in [0.15, 0.2) is 5.60 Å². The minimum atomic E-state index is -1.11. The summed E-state index contributed by atoms with van der Waals surface area (Å²) in [6.07, 6.45) is 1.57. The van der Waals surface area contributed by atoms with Crippen molar-refractivity contribution in [1.29, 1.82) is 0 Å². The van der Waals surface area contributed by atoms with Gasteiger partial charge in [-0.15, -0.1) is 5.10 Å². The van der Waals surface area contributed by atoms with Gasteiger partial charge in [-0.2, -0.15) is 0 Å². The lowest BCUT2D eigenvalue weighted by atomic mass is 10.1. The molecule has 1 N–H and O–H groups in total. The van der Waals surface area contributed by atoms with Crippen molar-refractivity contribution in [2.75, 3.05) is 5.32 Å². The van der Waals surface area contributed by atoms with Crippen LogP contribution >= 0.6 is 27.5 Å². The van der Waals surface area contributed by atoms with Crippen LogP contribution in [-0.4, -0.2) is 26.3 Å². The molecule has 0 saturated carbocycles. The van der Waals surface area contributed by atoms with Crippen LogP contribution in [0.4, 0.5) is 5.95 Å². The van der Waals surface area contributed by atoms with Crippen LogP contribution in [0.15, 0.2) is 59.3 Å². The van der Waals surface area contributed by atoms with Gasteiger partial charge >= 0.3 is 0 Å². The van der Waals surface area contributed by atoms with Gasteiger partial charge < -0.3 is 4.74 Å². The zero-order valence-corrected chi connectivity index (χ0v) is 17.2. The summed E-state index contributed by atoms with van der Waals surface area (Å²) in [5.41, 5.74) is -0.0395. The summed E-state index contributed by atoms with van der Waals surface area (Å²) in [6.45, 7) is 3.90. The summed E-state index contributed by atoms with van der Waals surface area (Å²) in [4.78, 5) is 16.7. The van der Waals surface area contributed by atoms with E-state index in [1.165, 1.54) is 0 Å². The fourth-order valence-electron chi connectivity index (χ4n) is 2.35. The first-order valence-corrected chi connectivity index (χ1v) is 9.39. The first-order chi connectivity index (χ1) is 12.8. The molecule has 0 atom stereocenters. The predicted molar refractivity (Wildman–Crippen MR) is 108 cm³/mol. The Morgan fingerprint density at radius 1 is 1.26 bits per heavy atom. The Kier molecular flexibility index (Phi) is 5.82. The third-order valence-electron chi connectivity index (χ3n) is 3.73. The fraction of sp³-hybridized carbons (Fsp3) is 0.211. The lowest BCUT2D eigenvalue weighted by molar-refractivity contribution is -0.128. The van der Waals surface area contributed by atoms with E-state index in [2.05, 4.69) is 31.3 Å². The van der Waals surface area contributed by atoms with Crippen LogP contribution in [0.3, 0.4) is 0 Å². The van der Waals surface area contributed by atoms with E-state index in [1.54, 1.807) is 49.1 Å². The summed E-state index contributed by atoms with van der Waals surface area (Å²) >= 11 is 9.31. The second-order valence-electron chi connectivity index (χ2n) is 6.42. The Labute approximate surface area is 170 Å². The SMILES string of the molecule is CC(C)(Oc1ccc(Cl)cc1)C(=O)Nc1ncn(Cc2cccc(Br)c2)n1. The normalized spacial score (nSPS) is 11.3. The van der Waals surface area contributed by atoms with Crippen molar-refractivity contribution in [3.63, 3.8) is 0 Å². The number of aromatic nitrogens is 3. The molecule has 0 radical (unpaired) electrons. The number of carbonyl (C=O) groups is 1. The Hall–Kier alpha value is -2.38. The fourth-order valence-corrected chi connectivity index (χ4v) is 2.92. The van der Waals surface area contributed by atoms with Crippen LogP contribution in [0, 0.1) is 0 Å². The first-order valence-electron chi connectivity index (χ1n) is 8.22. The number of nitrogens with zero attached hydrogens (tertiary/aromatic N) is 3. The maximum Gasteiger partial charge on any atom is 0.270 e. The summed E-state index contributed by atoms with van der Waals surface area (Å²) in [7, 11) is 0. The average Bonchev–Trinajstić information content (AvgIpc) is 3.03. The molecular formula is C19H18BrClN4O2. The quantitative estimate of drug-likeness (QED) is 0.600. The van der Waals surface area contributed by atoms with Gasteiger partial charge in [-0.3, -0.25) is 10.1 Å². The van der Waals surface area contributed by atoms with Crippen LogP contribution in [0.2, 0.25) is 5.02 Å². The maximum absolute atomic E-state index is 12.6. The molecule has 3 aromatic rings. The van der Waals surface area contributed by atoms with Gasteiger partial charge in [0.1, 0.15) is 12.1 Å². The number of nitrogens with one attached hydrogen (secondary N) is 1. The minimum absolute atomic E-state index is 0.225. The lowest BCUT2D eigenvalue weighted by Gasteiger charge is -2.24. The highest BCUT2D eigenvalue weighted by Gasteiger charge is 2.31. The highest BCUT2D eigenvalue weighted by molar-refractivity contribution is 9.10. The molecular weight excluding hydrogens is 432 g/mol. The lowest BCUT2D eigenvalue weighted by Crippen LogP contribution is -2.42. The number of rotatable bonds is 6. The van der Waals surface area contributed by atoms with E-state index in [0.29, 0.717) is 17.3 Å². The van der Waals surface area contributed by atoms with E-state index >= 15 is 0 Å². The topological polar surface area (TPSA) is 69.0 Å². The molecule has 140 valence electrons. The van der Waals surface area contributed by atoms with E-state index in [-0.39, 0.29) is 11.9 Å². The van der Waals surface area contributed by atoms with Crippen molar-refractivity contribution in [2.45, 2.75) is 26.0 Å². The molecule has 0 aliphatic rings. The van der Waals surface area contributed by atoms with Crippen LogP contribution in [-0.2, 0) is 11.3 Å². The third kappa shape index (κ3) is 5.30. The van der Waals surface area contributed by atoms with Gasteiger partial charge in [-0.1, -0.05) is 39.7 Å². The molecule has 0 aliphatic heterocycles. The Morgan fingerprint density at radius 2 is 2.00 bits per heavy atom. The van der Waals surface area contributed by atoms with Crippen LogP contribution in [0.5, 0.6) is 5.75 Å². The molecule has 0 saturated heterocycles. The van der Waals surface area contributed by atoms with E-state index < -0.39 is 5.60 Å². The number of ether oxygens (including phenoxy) is 1. The second kappa shape index (κ2) is 8.10. The third-order valence-corrected chi connectivity index (χ3v) is 4.47. The van der Waals surface area contributed by atoms with Crippen molar-refractivity contribution in [3.8, 4) is 5.75 Å². The zero-order chi connectivity index (χ0) is 19.4. The maximum atomic E-state index is 12.6. The molecule has 0 bridgehead atoms. The van der Waals surface area contributed by atoms with E-state index in [0.717, 1.165) is 10.0 Å². The van der Waals surface area contributed by atoms with Gasteiger partial charge in [0, 0.05) is 9.50 Å². The molecule has 1 amide bonds. The van der Waals surface area contributed by atoms with Crippen molar-refractivity contribution < 1.29 is 9.53 Å². The number of anilines is 1. The standard InChI is InChI=1S/C19H18BrClN4O2/c1-19(2,27-16-8-6-15(21)7-9-16)17(26)23-18-22-12-25(24-18)11-13-4-3-5-14(20)10-13/h3-10,12H,11H2,1-2H3,(H,23,24,26). The van der Waals surface area contributed by atoms with E-state index in [9.17, 15) is 4.79 Å². The Morgan fingerprint density at radius 3 is 2.70 bits per heavy atom. The largest absolute Gasteiger partial charge is 0.478 e. The van der Waals surface area contributed by atoms with Gasteiger partial charge in [0.05, 0.1) is 6.54 Å². The molecule has 0 unspecified atom stereocenters. The average molecular weight is 450 g/mol. The smallest absolute Gasteiger partial charge is 0.270 e. The summed E-state index contributed by atoms with van der Waals surface area (Å²) in [5, 5.41) is 7.58. The number of carbonyl (C=O) groups excluding carboxylic acids is 1. The molecule has 1 aromatic heterocycles. The number of halogens is 2. The molecule has 8 heteroatoms. The molecule has 6 nitrogen and oxygen atoms in total. The number of hydrogen-bond donors (Lipinski definition) is 1. The summed E-state index contributed by atoms with van der Waals surface area (Å²) in [5.74, 6) is 0.424. The molecule has 2 aromatic carbocycles. The minimum Gasteiger partial charge on any atom is -0.478 e. The summed E-state index contributed by atoms with van der Waals surface area (Å²) < 4.78 is 8.42.